The molecule has 2 aromatic rings. The van der Waals surface area contributed by atoms with Gasteiger partial charge in [0.2, 0.25) is 5.91 Å². The highest BCUT2D eigenvalue weighted by atomic mass is 32.2. The number of nitrogens with one attached hydrogen (secondary N) is 1. The summed E-state index contributed by atoms with van der Waals surface area (Å²) in [6, 6.07) is 11.4. The van der Waals surface area contributed by atoms with Crippen molar-refractivity contribution in [3.63, 3.8) is 0 Å². The summed E-state index contributed by atoms with van der Waals surface area (Å²) in [5.74, 6) is 2.67. The number of carbonyl (C=O) groups is 1. The fraction of sp³-hybridized carbons (Fsp3) is 0.381. The lowest BCUT2D eigenvalue weighted by atomic mass is 10.1. The van der Waals surface area contributed by atoms with E-state index in [0.29, 0.717) is 36.0 Å². The van der Waals surface area contributed by atoms with Gasteiger partial charge >= 0.3 is 0 Å². The standard InChI is InChI=1S/C21H27NO5S/c1-14(28-16-7-9-18(25-3)20(13-16)27-5)21(23)22-11-10-15-6-8-17(24-2)19(12-15)26-4/h6-9,12-14H,10-11H2,1-5H3,(H,22,23)/t14-/m1/s1. The Bertz CT molecular complexity index is 796. The summed E-state index contributed by atoms with van der Waals surface area (Å²) < 4.78 is 21.1. The quantitative estimate of drug-likeness (QED) is 0.610. The molecule has 1 atom stereocenters. The number of hydrogen-bond donors (Lipinski definition) is 1. The number of hydrogen-bond acceptors (Lipinski definition) is 6. The van der Waals surface area contributed by atoms with Crippen LogP contribution < -0.4 is 24.3 Å². The Labute approximate surface area is 170 Å². The first-order valence-corrected chi connectivity index (χ1v) is 9.77. The molecule has 28 heavy (non-hydrogen) atoms. The minimum atomic E-state index is -0.233. The minimum Gasteiger partial charge on any atom is -0.493 e. The predicted molar refractivity (Wildman–Crippen MR) is 111 cm³/mol. The van der Waals surface area contributed by atoms with E-state index in [4.69, 9.17) is 18.9 Å². The van der Waals surface area contributed by atoms with Crippen LogP contribution in [-0.4, -0.2) is 46.1 Å². The number of rotatable bonds is 10. The number of methoxy groups -OCH3 is 4. The van der Waals surface area contributed by atoms with Gasteiger partial charge in [-0.25, -0.2) is 0 Å². The van der Waals surface area contributed by atoms with Gasteiger partial charge in [0.15, 0.2) is 23.0 Å². The Kier molecular flexibility index (Phi) is 8.32. The van der Waals surface area contributed by atoms with Crippen molar-refractivity contribution >= 4 is 17.7 Å². The lowest BCUT2D eigenvalue weighted by Gasteiger charge is -2.14. The lowest BCUT2D eigenvalue weighted by Crippen LogP contribution is -2.32. The maximum Gasteiger partial charge on any atom is 0.233 e. The summed E-state index contributed by atoms with van der Waals surface area (Å²) in [5.41, 5.74) is 1.07. The first kappa shape index (κ1) is 21.8. The molecular formula is C21H27NO5S. The summed E-state index contributed by atoms with van der Waals surface area (Å²) >= 11 is 1.47. The third-order valence-corrected chi connectivity index (χ3v) is 5.29. The average Bonchev–Trinajstić information content (AvgIpc) is 2.73. The molecule has 2 rings (SSSR count). The molecule has 0 radical (unpaired) electrons. The van der Waals surface area contributed by atoms with Crippen LogP contribution >= 0.6 is 11.8 Å². The smallest absolute Gasteiger partial charge is 0.233 e. The van der Waals surface area contributed by atoms with Crippen LogP contribution in [0.4, 0.5) is 0 Å². The fourth-order valence-corrected chi connectivity index (χ4v) is 3.58. The van der Waals surface area contributed by atoms with E-state index in [0.717, 1.165) is 10.5 Å². The van der Waals surface area contributed by atoms with E-state index in [2.05, 4.69) is 5.32 Å². The molecule has 0 heterocycles. The molecule has 1 amide bonds. The van der Waals surface area contributed by atoms with Gasteiger partial charge in [-0.2, -0.15) is 0 Å². The number of thioether (sulfide) groups is 1. The van der Waals surface area contributed by atoms with Gasteiger partial charge in [0.1, 0.15) is 0 Å². The van der Waals surface area contributed by atoms with Crippen molar-refractivity contribution in [2.45, 2.75) is 23.5 Å². The molecule has 0 saturated carbocycles. The van der Waals surface area contributed by atoms with Crippen LogP contribution in [-0.2, 0) is 11.2 Å². The van der Waals surface area contributed by atoms with Gasteiger partial charge in [-0.05, 0) is 49.2 Å². The highest BCUT2D eigenvalue weighted by Crippen LogP contribution is 2.33. The zero-order valence-corrected chi connectivity index (χ0v) is 17.7. The third kappa shape index (κ3) is 5.73. The second-order valence-corrected chi connectivity index (χ2v) is 7.42. The van der Waals surface area contributed by atoms with Crippen LogP contribution in [0, 0.1) is 0 Å². The summed E-state index contributed by atoms with van der Waals surface area (Å²) in [6.07, 6.45) is 0.708. The lowest BCUT2D eigenvalue weighted by molar-refractivity contribution is -0.120. The van der Waals surface area contributed by atoms with Crippen molar-refractivity contribution in [3.05, 3.63) is 42.0 Å². The first-order chi connectivity index (χ1) is 13.5. The SMILES string of the molecule is COc1ccc(CCNC(=O)[C@@H](C)Sc2ccc(OC)c(OC)c2)cc1OC. The normalized spacial score (nSPS) is 11.5. The van der Waals surface area contributed by atoms with Crippen molar-refractivity contribution < 1.29 is 23.7 Å². The maximum atomic E-state index is 12.4. The Morgan fingerprint density at radius 1 is 0.893 bits per heavy atom. The Morgan fingerprint density at radius 3 is 2.07 bits per heavy atom. The summed E-state index contributed by atoms with van der Waals surface area (Å²) in [6.45, 7) is 2.43. The van der Waals surface area contributed by atoms with E-state index in [1.165, 1.54) is 11.8 Å². The Balaban J connectivity index is 1.87. The predicted octanol–water partition coefficient (Wildman–Crippen LogP) is 3.56. The number of carbonyl (C=O) groups excluding carboxylic acids is 1. The third-order valence-electron chi connectivity index (χ3n) is 4.20. The molecule has 0 saturated heterocycles. The van der Waals surface area contributed by atoms with E-state index in [1.54, 1.807) is 28.4 Å². The van der Waals surface area contributed by atoms with Gasteiger partial charge in [-0.15, -0.1) is 11.8 Å². The van der Waals surface area contributed by atoms with E-state index >= 15 is 0 Å². The summed E-state index contributed by atoms with van der Waals surface area (Å²) in [4.78, 5) is 13.4. The van der Waals surface area contributed by atoms with Crippen molar-refractivity contribution in [1.82, 2.24) is 5.32 Å². The molecule has 0 aliphatic heterocycles. The molecule has 6 nitrogen and oxygen atoms in total. The van der Waals surface area contributed by atoms with Crippen LogP contribution in [0.1, 0.15) is 12.5 Å². The molecular weight excluding hydrogens is 378 g/mol. The summed E-state index contributed by atoms with van der Waals surface area (Å²) in [7, 11) is 6.40. The van der Waals surface area contributed by atoms with Crippen LogP contribution in [0.15, 0.2) is 41.3 Å². The topological polar surface area (TPSA) is 66.0 Å². The molecule has 2 aromatic carbocycles. The van der Waals surface area contributed by atoms with Gasteiger partial charge in [0.05, 0.1) is 33.7 Å². The highest BCUT2D eigenvalue weighted by Gasteiger charge is 2.15. The second kappa shape index (κ2) is 10.7. The van der Waals surface area contributed by atoms with Crippen molar-refractivity contribution in [2.75, 3.05) is 35.0 Å². The molecule has 0 fully saturated rings. The van der Waals surface area contributed by atoms with Gasteiger partial charge in [0.25, 0.3) is 0 Å². The zero-order chi connectivity index (χ0) is 20.5. The molecule has 0 bridgehead atoms. The maximum absolute atomic E-state index is 12.4. The molecule has 0 aliphatic carbocycles. The zero-order valence-electron chi connectivity index (χ0n) is 16.9. The number of benzene rings is 2. The Hall–Kier alpha value is -2.54. The molecule has 0 aliphatic rings. The minimum absolute atomic E-state index is 0.0136. The fourth-order valence-electron chi connectivity index (χ4n) is 2.66. The van der Waals surface area contributed by atoms with Crippen molar-refractivity contribution in [3.8, 4) is 23.0 Å². The second-order valence-electron chi connectivity index (χ2n) is 6.01. The van der Waals surface area contributed by atoms with Gasteiger partial charge in [-0.3, -0.25) is 4.79 Å². The van der Waals surface area contributed by atoms with Crippen LogP contribution in [0.3, 0.4) is 0 Å². The van der Waals surface area contributed by atoms with E-state index < -0.39 is 0 Å². The van der Waals surface area contributed by atoms with Gasteiger partial charge < -0.3 is 24.3 Å². The molecule has 1 N–H and O–H groups in total. The van der Waals surface area contributed by atoms with Gasteiger partial charge in [-0.1, -0.05) is 6.07 Å². The molecule has 0 spiro atoms. The molecule has 152 valence electrons. The summed E-state index contributed by atoms with van der Waals surface area (Å²) in [5, 5.41) is 2.75. The van der Waals surface area contributed by atoms with Gasteiger partial charge in [0, 0.05) is 11.4 Å². The average molecular weight is 406 g/mol. The number of ether oxygens (including phenoxy) is 4. The largest absolute Gasteiger partial charge is 0.493 e. The monoisotopic (exact) mass is 405 g/mol. The van der Waals surface area contributed by atoms with Crippen LogP contribution in [0.5, 0.6) is 23.0 Å². The van der Waals surface area contributed by atoms with E-state index in [-0.39, 0.29) is 11.2 Å². The van der Waals surface area contributed by atoms with Crippen LogP contribution in [0.2, 0.25) is 0 Å². The van der Waals surface area contributed by atoms with E-state index in [1.807, 2.05) is 43.3 Å². The Morgan fingerprint density at radius 2 is 1.46 bits per heavy atom. The first-order valence-electron chi connectivity index (χ1n) is 8.89. The van der Waals surface area contributed by atoms with Crippen molar-refractivity contribution in [2.24, 2.45) is 0 Å². The number of amides is 1. The van der Waals surface area contributed by atoms with Crippen molar-refractivity contribution in [1.29, 1.82) is 0 Å². The molecule has 0 aromatic heterocycles. The molecule has 0 unspecified atom stereocenters. The molecule has 7 heteroatoms. The van der Waals surface area contributed by atoms with Crippen LogP contribution in [0.25, 0.3) is 0 Å². The highest BCUT2D eigenvalue weighted by molar-refractivity contribution is 8.00. The van der Waals surface area contributed by atoms with E-state index in [9.17, 15) is 4.79 Å².